The van der Waals surface area contributed by atoms with E-state index in [-0.39, 0.29) is 0 Å². The lowest BCUT2D eigenvalue weighted by Crippen LogP contribution is -2.22. The van der Waals surface area contributed by atoms with Crippen LogP contribution in [0, 0.1) is 13.8 Å². The summed E-state index contributed by atoms with van der Waals surface area (Å²) in [5.74, 6) is 0. The molecular weight excluding hydrogens is 288 g/mol. The van der Waals surface area contributed by atoms with Crippen LogP contribution in [0.5, 0.6) is 0 Å². The highest BCUT2D eigenvalue weighted by Crippen LogP contribution is 2.31. The van der Waals surface area contributed by atoms with E-state index < -0.39 is 5.60 Å². The van der Waals surface area contributed by atoms with E-state index in [4.69, 9.17) is 0 Å². The standard InChI is InChI=1S/C16H17BrO/c1-11-7-8-14(9-12(11)2)16(3,18)13-5-4-6-15(17)10-13/h4-10,18H,1-3H3. The number of rotatable bonds is 2. The molecule has 0 bridgehead atoms. The van der Waals surface area contributed by atoms with Gasteiger partial charge in [0.05, 0.1) is 0 Å². The van der Waals surface area contributed by atoms with Gasteiger partial charge in [0.15, 0.2) is 0 Å². The lowest BCUT2D eigenvalue weighted by molar-refractivity contribution is 0.102. The van der Waals surface area contributed by atoms with E-state index in [1.807, 2.05) is 37.3 Å². The third-order valence-corrected chi connectivity index (χ3v) is 3.95. The number of hydrogen-bond donors (Lipinski definition) is 1. The summed E-state index contributed by atoms with van der Waals surface area (Å²) in [4.78, 5) is 0. The molecule has 18 heavy (non-hydrogen) atoms. The average molecular weight is 305 g/mol. The van der Waals surface area contributed by atoms with Crippen molar-refractivity contribution in [3.05, 3.63) is 69.2 Å². The summed E-state index contributed by atoms with van der Waals surface area (Å²) >= 11 is 3.44. The Hall–Kier alpha value is -1.12. The first-order valence-corrected chi connectivity index (χ1v) is 6.76. The highest BCUT2D eigenvalue weighted by molar-refractivity contribution is 9.10. The maximum Gasteiger partial charge on any atom is 0.112 e. The molecule has 0 aromatic heterocycles. The molecule has 2 heteroatoms. The number of benzene rings is 2. The molecule has 0 heterocycles. The van der Waals surface area contributed by atoms with Crippen molar-refractivity contribution in [2.24, 2.45) is 0 Å². The Morgan fingerprint density at radius 1 is 0.944 bits per heavy atom. The molecule has 0 saturated carbocycles. The minimum Gasteiger partial charge on any atom is -0.381 e. The molecule has 1 unspecified atom stereocenters. The minimum atomic E-state index is -0.970. The van der Waals surface area contributed by atoms with E-state index in [0.29, 0.717) is 0 Å². The Kier molecular flexibility index (Phi) is 3.60. The second kappa shape index (κ2) is 4.87. The summed E-state index contributed by atoms with van der Waals surface area (Å²) in [5.41, 5.74) is 3.28. The van der Waals surface area contributed by atoms with Gasteiger partial charge in [-0.3, -0.25) is 0 Å². The first kappa shape index (κ1) is 13.3. The Labute approximate surface area is 117 Å². The van der Waals surface area contributed by atoms with Crippen molar-refractivity contribution in [1.82, 2.24) is 0 Å². The van der Waals surface area contributed by atoms with Crippen molar-refractivity contribution < 1.29 is 5.11 Å². The normalized spacial score (nSPS) is 14.3. The number of hydrogen-bond acceptors (Lipinski definition) is 1. The topological polar surface area (TPSA) is 20.2 Å². The van der Waals surface area contributed by atoms with Crippen LogP contribution in [0.4, 0.5) is 0 Å². The molecule has 0 saturated heterocycles. The van der Waals surface area contributed by atoms with Crippen LogP contribution in [0.3, 0.4) is 0 Å². The highest BCUT2D eigenvalue weighted by atomic mass is 79.9. The van der Waals surface area contributed by atoms with Gasteiger partial charge in [0.1, 0.15) is 5.60 Å². The average Bonchev–Trinajstić information content (AvgIpc) is 2.32. The third-order valence-electron chi connectivity index (χ3n) is 3.46. The van der Waals surface area contributed by atoms with Crippen LogP contribution in [0.15, 0.2) is 46.9 Å². The Balaban J connectivity index is 2.50. The van der Waals surface area contributed by atoms with Crippen molar-refractivity contribution in [3.63, 3.8) is 0 Å². The lowest BCUT2D eigenvalue weighted by atomic mass is 9.87. The molecule has 0 aliphatic carbocycles. The van der Waals surface area contributed by atoms with Gasteiger partial charge in [-0.15, -0.1) is 0 Å². The van der Waals surface area contributed by atoms with Crippen molar-refractivity contribution in [3.8, 4) is 0 Å². The predicted octanol–water partition coefficient (Wildman–Crippen LogP) is 4.32. The SMILES string of the molecule is Cc1ccc(C(C)(O)c2cccc(Br)c2)cc1C. The summed E-state index contributed by atoms with van der Waals surface area (Å²) in [6.45, 7) is 5.97. The molecule has 2 aromatic rings. The zero-order valence-electron chi connectivity index (χ0n) is 10.9. The molecule has 0 aliphatic heterocycles. The fourth-order valence-electron chi connectivity index (χ4n) is 2.00. The zero-order chi connectivity index (χ0) is 13.3. The largest absolute Gasteiger partial charge is 0.381 e. The third kappa shape index (κ3) is 2.50. The molecular formula is C16H17BrO. The van der Waals surface area contributed by atoms with Gasteiger partial charge in [0, 0.05) is 4.47 Å². The summed E-state index contributed by atoms with van der Waals surface area (Å²) in [7, 11) is 0. The molecule has 1 N–H and O–H groups in total. The quantitative estimate of drug-likeness (QED) is 0.876. The second-order valence-electron chi connectivity index (χ2n) is 4.88. The van der Waals surface area contributed by atoms with Crippen LogP contribution in [0.25, 0.3) is 0 Å². The van der Waals surface area contributed by atoms with Crippen LogP contribution in [0.2, 0.25) is 0 Å². The molecule has 0 fully saturated rings. The van der Waals surface area contributed by atoms with E-state index in [1.54, 1.807) is 0 Å². The summed E-state index contributed by atoms with van der Waals surface area (Å²) in [6.07, 6.45) is 0. The van der Waals surface area contributed by atoms with Crippen LogP contribution in [-0.4, -0.2) is 5.11 Å². The van der Waals surface area contributed by atoms with Crippen molar-refractivity contribution in [1.29, 1.82) is 0 Å². The van der Waals surface area contributed by atoms with Gasteiger partial charge < -0.3 is 5.11 Å². The first-order chi connectivity index (χ1) is 8.41. The lowest BCUT2D eigenvalue weighted by Gasteiger charge is -2.25. The Morgan fingerprint density at radius 3 is 2.22 bits per heavy atom. The minimum absolute atomic E-state index is 0.889. The van der Waals surface area contributed by atoms with Crippen LogP contribution in [0.1, 0.15) is 29.2 Å². The van der Waals surface area contributed by atoms with Gasteiger partial charge in [-0.2, -0.15) is 0 Å². The molecule has 1 atom stereocenters. The molecule has 2 rings (SSSR count). The molecule has 1 nitrogen and oxygen atoms in total. The maximum atomic E-state index is 10.8. The zero-order valence-corrected chi connectivity index (χ0v) is 12.5. The second-order valence-corrected chi connectivity index (χ2v) is 5.80. The van der Waals surface area contributed by atoms with Crippen molar-refractivity contribution in [2.45, 2.75) is 26.4 Å². The number of halogens is 1. The van der Waals surface area contributed by atoms with Gasteiger partial charge in [0.2, 0.25) is 0 Å². The molecule has 2 aromatic carbocycles. The molecule has 0 amide bonds. The van der Waals surface area contributed by atoms with Crippen molar-refractivity contribution >= 4 is 15.9 Å². The maximum absolute atomic E-state index is 10.8. The van der Waals surface area contributed by atoms with E-state index in [2.05, 4.69) is 41.9 Å². The number of aliphatic hydroxyl groups is 1. The summed E-state index contributed by atoms with van der Waals surface area (Å²) in [5, 5.41) is 10.8. The molecule has 94 valence electrons. The van der Waals surface area contributed by atoms with Crippen LogP contribution in [-0.2, 0) is 5.60 Å². The van der Waals surface area contributed by atoms with E-state index in [1.165, 1.54) is 11.1 Å². The van der Waals surface area contributed by atoms with E-state index >= 15 is 0 Å². The van der Waals surface area contributed by atoms with Gasteiger partial charge >= 0.3 is 0 Å². The van der Waals surface area contributed by atoms with Crippen LogP contribution >= 0.6 is 15.9 Å². The fraction of sp³-hybridized carbons (Fsp3) is 0.250. The van der Waals surface area contributed by atoms with E-state index in [0.717, 1.165) is 15.6 Å². The smallest absolute Gasteiger partial charge is 0.112 e. The van der Waals surface area contributed by atoms with Crippen LogP contribution < -0.4 is 0 Å². The Morgan fingerprint density at radius 2 is 1.61 bits per heavy atom. The molecule has 0 spiro atoms. The van der Waals surface area contributed by atoms with Gasteiger partial charge in [-0.1, -0.05) is 46.3 Å². The summed E-state index contributed by atoms with van der Waals surface area (Å²) in [6, 6.07) is 13.9. The Bertz CT molecular complexity index is 573. The van der Waals surface area contributed by atoms with Gasteiger partial charge in [-0.05, 0) is 55.2 Å². The van der Waals surface area contributed by atoms with Crippen molar-refractivity contribution in [2.75, 3.05) is 0 Å². The highest BCUT2D eigenvalue weighted by Gasteiger charge is 2.25. The number of aryl methyl sites for hydroxylation is 2. The molecule has 0 radical (unpaired) electrons. The summed E-state index contributed by atoms with van der Waals surface area (Å²) < 4.78 is 0.976. The van der Waals surface area contributed by atoms with Gasteiger partial charge in [0.25, 0.3) is 0 Å². The predicted molar refractivity (Wildman–Crippen MR) is 78.7 cm³/mol. The van der Waals surface area contributed by atoms with Gasteiger partial charge in [-0.25, -0.2) is 0 Å². The monoisotopic (exact) mass is 304 g/mol. The fourth-order valence-corrected chi connectivity index (χ4v) is 2.40. The first-order valence-electron chi connectivity index (χ1n) is 5.97. The van der Waals surface area contributed by atoms with E-state index in [9.17, 15) is 5.11 Å². The molecule has 0 aliphatic rings.